The van der Waals surface area contributed by atoms with E-state index in [4.69, 9.17) is 0 Å². The Hall–Kier alpha value is -1.97. The number of hydrogen-bond donors (Lipinski definition) is 1. The van der Waals surface area contributed by atoms with Crippen LogP contribution in [-0.2, 0) is 0 Å². The molecule has 0 aliphatic rings. The normalized spacial score (nSPS) is 14.1. The van der Waals surface area contributed by atoms with Gasteiger partial charge in [-0.15, -0.1) is 0 Å². The molecule has 0 fully saturated rings. The lowest BCUT2D eigenvalue weighted by atomic mass is 9.90. The molecule has 0 spiro atoms. The van der Waals surface area contributed by atoms with Crippen LogP contribution < -0.4 is 5.56 Å². The Labute approximate surface area is 151 Å². The highest BCUT2D eigenvalue weighted by Gasteiger charge is 2.15. The van der Waals surface area contributed by atoms with Crippen molar-refractivity contribution in [3.05, 3.63) is 57.5 Å². The second-order valence-electron chi connectivity index (χ2n) is 7.77. The van der Waals surface area contributed by atoms with Gasteiger partial charge >= 0.3 is 0 Å². The van der Waals surface area contributed by atoms with Crippen LogP contribution in [0.4, 0.5) is 0 Å². The van der Waals surface area contributed by atoms with Crippen LogP contribution in [0.5, 0.6) is 0 Å². The largest absolute Gasteiger partial charge is 0.329 e. The van der Waals surface area contributed by atoms with Crippen LogP contribution in [-0.4, -0.2) is 15.0 Å². The maximum absolute atomic E-state index is 11.9. The van der Waals surface area contributed by atoms with Gasteiger partial charge in [0.25, 0.3) is 5.56 Å². The van der Waals surface area contributed by atoms with Crippen LogP contribution >= 0.6 is 0 Å². The standard InChI is InChI=1S/C21H31N3O/c1-13(2)18-9-17(11-22-21(18)25)15(5)7-8-16(6)20-10-19(14(3)4)23-12-24-20/h9-16H,7-8H2,1-6H3,(H,22,25). The number of aromatic nitrogens is 3. The molecule has 0 saturated heterocycles. The molecule has 2 unspecified atom stereocenters. The molecule has 2 aromatic rings. The summed E-state index contributed by atoms with van der Waals surface area (Å²) in [7, 11) is 0. The van der Waals surface area contributed by atoms with Crippen molar-refractivity contribution in [3.8, 4) is 0 Å². The van der Waals surface area contributed by atoms with Gasteiger partial charge < -0.3 is 4.98 Å². The number of rotatable bonds is 7. The van der Waals surface area contributed by atoms with Crippen molar-refractivity contribution in [1.29, 1.82) is 0 Å². The number of H-pyrrole nitrogens is 1. The number of nitrogens with zero attached hydrogens (tertiary/aromatic N) is 2. The van der Waals surface area contributed by atoms with Crippen LogP contribution in [0.2, 0.25) is 0 Å². The van der Waals surface area contributed by atoms with Crippen LogP contribution in [0.25, 0.3) is 0 Å². The van der Waals surface area contributed by atoms with Gasteiger partial charge in [0.1, 0.15) is 6.33 Å². The van der Waals surface area contributed by atoms with Gasteiger partial charge in [-0.2, -0.15) is 0 Å². The van der Waals surface area contributed by atoms with E-state index in [2.05, 4.69) is 68.6 Å². The summed E-state index contributed by atoms with van der Waals surface area (Å²) >= 11 is 0. The first kappa shape index (κ1) is 19.4. The molecule has 2 rings (SSSR count). The van der Waals surface area contributed by atoms with Gasteiger partial charge in [0.15, 0.2) is 0 Å². The van der Waals surface area contributed by atoms with Crippen LogP contribution in [0.1, 0.15) is 101 Å². The summed E-state index contributed by atoms with van der Waals surface area (Å²) in [6.07, 6.45) is 5.67. The van der Waals surface area contributed by atoms with Crippen molar-refractivity contribution in [2.75, 3.05) is 0 Å². The third-order valence-corrected chi connectivity index (χ3v) is 4.98. The topological polar surface area (TPSA) is 58.6 Å². The summed E-state index contributed by atoms with van der Waals surface area (Å²) in [6, 6.07) is 4.21. The number of hydrogen-bond acceptors (Lipinski definition) is 3. The van der Waals surface area contributed by atoms with Crippen molar-refractivity contribution in [3.63, 3.8) is 0 Å². The zero-order valence-electron chi connectivity index (χ0n) is 16.3. The van der Waals surface area contributed by atoms with Crippen LogP contribution in [0.3, 0.4) is 0 Å². The van der Waals surface area contributed by atoms with E-state index < -0.39 is 0 Å². The molecule has 0 aliphatic heterocycles. The van der Waals surface area contributed by atoms with Crippen LogP contribution in [0, 0.1) is 0 Å². The second kappa shape index (κ2) is 8.41. The van der Waals surface area contributed by atoms with Gasteiger partial charge in [-0.1, -0.05) is 41.5 Å². The van der Waals surface area contributed by atoms with Gasteiger partial charge in [0, 0.05) is 23.1 Å². The van der Waals surface area contributed by atoms with Gasteiger partial charge in [-0.3, -0.25) is 4.79 Å². The van der Waals surface area contributed by atoms with Crippen molar-refractivity contribution in [1.82, 2.24) is 15.0 Å². The third-order valence-electron chi connectivity index (χ3n) is 4.98. The molecule has 136 valence electrons. The minimum Gasteiger partial charge on any atom is -0.329 e. The number of nitrogens with one attached hydrogen (secondary N) is 1. The van der Waals surface area contributed by atoms with Gasteiger partial charge in [-0.05, 0) is 54.2 Å². The van der Waals surface area contributed by atoms with Crippen molar-refractivity contribution >= 4 is 0 Å². The number of aromatic amines is 1. The van der Waals surface area contributed by atoms with Crippen molar-refractivity contribution in [2.24, 2.45) is 0 Å². The van der Waals surface area contributed by atoms with E-state index in [1.807, 2.05) is 6.20 Å². The predicted molar refractivity (Wildman–Crippen MR) is 103 cm³/mol. The fourth-order valence-electron chi connectivity index (χ4n) is 3.02. The molecule has 25 heavy (non-hydrogen) atoms. The molecule has 2 heterocycles. The fraction of sp³-hybridized carbons (Fsp3) is 0.571. The smallest absolute Gasteiger partial charge is 0.251 e. The summed E-state index contributed by atoms with van der Waals surface area (Å²) in [5.41, 5.74) is 4.33. The minimum atomic E-state index is 0.0292. The molecule has 2 aromatic heterocycles. The first-order valence-electron chi connectivity index (χ1n) is 9.34. The lowest BCUT2D eigenvalue weighted by Gasteiger charge is -2.17. The van der Waals surface area contributed by atoms with Crippen molar-refractivity contribution in [2.45, 2.75) is 78.1 Å². The highest BCUT2D eigenvalue weighted by molar-refractivity contribution is 5.24. The summed E-state index contributed by atoms with van der Waals surface area (Å²) < 4.78 is 0. The molecule has 0 saturated carbocycles. The Morgan fingerprint density at radius 2 is 1.52 bits per heavy atom. The molecule has 4 nitrogen and oxygen atoms in total. The highest BCUT2D eigenvalue weighted by Crippen LogP contribution is 2.28. The molecule has 4 heteroatoms. The molecule has 0 amide bonds. The quantitative estimate of drug-likeness (QED) is 0.762. The zero-order valence-corrected chi connectivity index (χ0v) is 16.3. The van der Waals surface area contributed by atoms with Gasteiger partial charge in [-0.25, -0.2) is 9.97 Å². The lowest BCUT2D eigenvalue weighted by molar-refractivity contribution is 0.561. The monoisotopic (exact) mass is 341 g/mol. The molecule has 1 N–H and O–H groups in total. The SMILES string of the molecule is CC(C)c1cc(C(C)CCC(C)c2c[nH]c(=O)c(C(C)C)c2)ncn1. The first-order valence-corrected chi connectivity index (χ1v) is 9.34. The zero-order chi connectivity index (χ0) is 18.6. The van der Waals surface area contributed by atoms with E-state index in [0.29, 0.717) is 17.8 Å². The summed E-state index contributed by atoms with van der Waals surface area (Å²) in [5.74, 6) is 1.47. The van der Waals surface area contributed by atoms with Gasteiger partial charge in [0.2, 0.25) is 0 Å². The Kier molecular flexibility index (Phi) is 6.51. The van der Waals surface area contributed by atoms with E-state index >= 15 is 0 Å². The molecule has 2 atom stereocenters. The Morgan fingerprint density at radius 3 is 2.16 bits per heavy atom. The second-order valence-corrected chi connectivity index (χ2v) is 7.77. The van der Waals surface area contributed by atoms with E-state index in [9.17, 15) is 4.79 Å². The lowest BCUT2D eigenvalue weighted by Crippen LogP contribution is -2.15. The Morgan fingerprint density at radius 1 is 0.880 bits per heavy atom. The average molecular weight is 341 g/mol. The number of pyridine rings is 1. The molecule has 0 bridgehead atoms. The van der Waals surface area contributed by atoms with Crippen LogP contribution in [0.15, 0.2) is 29.5 Å². The van der Waals surface area contributed by atoms with E-state index in [1.165, 1.54) is 5.56 Å². The maximum Gasteiger partial charge on any atom is 0.251 e. The summed E-state index contributed by atoms with van der Waals surface area (Å²) in [4.78, 5) is 23.6. The average Bonchev–Trinajstić information content (AvgIpc) is 2.59. The summed E-state index contributed by atoms with van der Waals surface area (Å²) in [6.45, 7) is 12.9. The fourth-order valence-corrected chi connectivity index (χ4v) is 3.02. The van der Waals surface area contributed by atoms with Crippen molar-refractivity contribution < 1.29 is 0 Å². The highest BCUT2D eigenvalue weighted by atomic mass is 16.1. The van der Waals surface area contributed by atoms with E-state index in [-0.39, 0.29) is 11.5 Å². The Bertz CT molecular complexity index is 749. The third kappa shape index (κ3) is 5.00. The molecule has 0 aromatic carbocycles. The molecular formula is C21H31N3O. The van der Waals surface area contributed by atoms with E-state index in [1.54, 1.807) is 6.33 Å². The maximum atomic E-state index is 11.9. The summed E-state index contributed by atoms with van der Waals surface area (Å²) in [5, 5.41) is 0. The Balaban J connectivity index is 2.04. The predicted octanol–water partition coefficient (Wildman–Crippen LogP) is 5.10. The first-order chi connectivity index (χ1) is 11.8. The molecule has 0 radical (unpaired) electrons. The molecular weight excluding hydrogens is 310 g/mol. The minimum absolute atomic E-state index is 0.0292. The van der Waals surface area contributed by atoms with E-state index in [0.717, 1.165) is 29.8 Å². The van der Waals surface area contributed by atoms with Gasteiger partial charge in [0.05, 0.1) is 0 Å². The molecule has 0 aliphatic carbocycles.